The van der Waals surface area contributed by atoms with Gasteiger partial charge in [-0.2, -0.15) is 0 Å². The van der Waals surface area contributed by atoms with Crippen molar-refractivity contribution in [3.8, 4) is 0 Å². The van der Waals surface area contributed by atoms with Crippen molar-refractivity contribution in [2.24, 2.45) is 5.92 Å². The molecule has 0 spiro atoms. The fraction of sp³-hybridized carbons (Fsp3) is 0.750. The van der Waals surface area contributed by atoms with Gasteiger partial charge in [0.15, 0.2) is 0 Å². The highest BCUT2D eigenvalue weighted by Gasteiger charge is 2.14. The Bertz CT molecular complexity index is 354. The summed E-state index contributed by atoms with van der Waals surface area (Å²) in [6, 6.07) is 3.08. The Labute approximate surface area is 112 Å². The van der Waals surface area contributed by atoms with Crippen LogP contribution in [0, 0.1) is 19.8 Å². The average molecular weight is 251 g/mol. The second-order valence-electron chi connectivity index (χ2n) is 5.98. The lowest BCUT2D eigenvalue weighted by Crippen LogP contribution is -2.29. The van der Waals surface area contributed by atoms with E-state index in [-0.39, 0.29) is 0 Å². The van der Waals surface area contributed by atoms with Gasteiger partial charge in [0.25, 0.3) is 0 Å². The van der Waals surface area contributed by atoms with E-state index in [0.717, 1.165) is 17.4 Å². The van der Waals surface area contributed by atoms with Gasteiger partial charge in [0, 0.05) is 17.6 Å². The molecule has 1 aromatic heterocycles. The van der Waals surface area contributed by atoms with Gasteiger partial charge in [-0.25, -0.2) is 0 Å². The maximum absolute atomic E-state index is 5.59. The number of nitrogens with one attached hydrogen (secondary N) is 1. The summed E-state index contributed by atoms with van der Waals surface area (Å²) in [5, 5.41) is 3.66. The number of furan rings is 1. The molecule has 0 aromatic carbocycles. The summed E-state index contributed by atoms with van der Waals surface area (Å²) in [7, 11) is 0. The highest BCUT2D eigenvalue weighted by atomic mass is 16.3. The van der Waals surface area contributed by atoms with Crippen LogP contribution in [0.5, 0.6) is 0 Å². The van der Waals surface area contributed by atoms with Gasteiger partial charge in [-0.3, -0.25) is 0 Å². The Morgan fingerprint density at radius 1 is 1.11 bits per heavy atom. The summed E-state index contributed by atoms with van der Waals surface area (Å²) in [4.78, 5) is 0. The largest absolute Gasteiger partial charge is 0.466 e. The molecule has 0 aliphatic rings. The molecule has 1 aromatic rings. The fourth-order valence-electron chi connectivity index (χ4n) is 2.51. The molecule has 1 N–H and O–H groups in total. The van der Waals surface area contributed by atoms with Gasteiger partial charge in [-0.05, 0) is 46.1 Å². The van der Waals surface area contributed by atoms with E-state index in [0.29, 0.717) is 12.1 Å². The average Bonchev–Trinajstić information content (AvgIpc) is 2.57. The van der Waals surface area contributed by atoms with Gasteiger partial charge < -0.3 is 9.73 Å². The van der Waals surface area contributed by atoms with Crippen LogP contribution in [0.15, 0.2) is 10.5 Å². The minimum Gasteiger partial charge on any atom is -0.466 e. The molecule has 0 aliphatic carbocycles. The SMILES string of the molecule is Cc1cc(C(C)NC(C)CCCC(C)C)c(C)o1. The quantitative estimate of drug-likeness (QED) is 0.755. The van der Waals surface area contributed by atoms with Crippen LogP contribution in [0.1, 0.15) is 70.1 Å². The Balaban J connectivity index is 2.39. The number of hydrogen-bond donors (Lipinski definition) is 1. The molecule has 2 atom stereocenters. The molecule has 0 saturated heterocycles. The predicted octanol–water partition coefficient (Wildman–Crippen LogP) is 4.76. The molecular weight excluding hydrogens is 222 g/mol. The summed E-state index contributed by atoms with van der Waals surface area (Å²) >= 11 is 0. The van der Waals surface area contributed by atoms with E-state index in [2.05, 4.69) is 39.1 Å². The van der Waals surface area contributed by atoms with Crippen molar-refractivity contribution in [1.29, 1.82) is 0 Å². The molecule has 1 heterocycles. The van der Waals surface area contributed by atoms with Gasteiger partial charge in [-0.15, -0.1) is 0 Å². The first kappa shape index (κ1) is 15.3. The predicted molar refractivity (Wildman–Crippen MR) is 77.9 cm³/mol. The Hall–Kier alpha value is -0.760. The van der Waals surface area contributed by atoms with E-state index in [1.807, 2.05) is 13.8 Å². The first-order valence-corrected chi connectivity index (χ1v) is 7.23. The van der Waals surface area contributed by atoms with E-state index < -0.39 is 0 Å². The highest BCUT2D eigenvalue weighted by molar-refractivity contribution is 5.23. The van der Waals surface area contributed by atoms with Crippen LogP contribution < -0.4 is 5.32 Å². The monoisotopic (exact) mass is 251 g/mol. The Morgan fingerprint density at radius 3 is 2.28 bits per heavy atom. The Kier molecular flexibility index (Phi) is 5.94. The maximum Gasteiger partial charge on any atom is 0.105 e. The lowest BCUT2D eigenvalue weighted by atomic mass is 10.0. The normalized spacial score (nSPS) is 15.1. The first-order valence-electron chi connectivity index (χ1n) is 7.23. The molecule has 0 bridgehead atoms. The number of rotatable bonds is 7. The summed E-state index contributed by atoms with van der Waals surface area (Å²) in [6.45, 7) is 13.1. The van der Waals surface area contributed by atoms with Crippen LogP contribution in [-0.4, -0.2) is 6.04 Å². The lowest BCUT2D eigenvalue weighted by Gasteiger charge is -2.20. The van der Waals surface area contributed by atoms with Crippen LogP contribution in [0.4, 0.5) is 0 Å². The van der Waals surface area contributed by atoms with E-state index >= 15 is 0 Å². The van der Waals surface area contributed by atoms with E-state index in [4.69, 9.17) is 4.42 Å². The van der Waals surface area contributed by atoms with Crippen LogP contribution in [0.3, 0.4) is 0 Å². The minimum atomic E-state index is 0.372. The third-order valence-electron chi connectivity index (χ3n) is 3.50. The third kappa shape index (κ3) is 4.85. The second kappa shape index (κ2) is 6.98. The molecule has 0 fully saturated rings. The van der Waals surface area contributed by atoms with Gasteiger partial charge >= 0.3 is 0 Å². The van der Waals surface area contributed by atoms with E-state index in [1.54, 1.807) is 0 Å². The van der Waals surface area contributed by atoms with Crippen molar-refractivity contribution in [2.45, 2.75) is 72.9 Å². The van der Waals surface area contributed by atoms with Crippen LogP contribution in [0.25, 0.3) is 0 Å². The van der Waals surface area contributed by atoms with Gasteiger partial charge in [0.1, 0.15) is 11.5 Å². The molecule has 104 valence electrons. The summed E-state index contributed by atoms with van der Waals surface area (Å²) in [5.41, 5.74) is 1.29. The zero-order chi connectivity index (χ0) is 13.7. The highest BCUT2D eigenvalue weighted by Crippen LogP contribution is 2.22. The zero-order valence-electron chi connectivity index (χ0n) is 12.8. The second-order valence-corrected chi connectivity index (χ2v) is 5.98. The molecule has 2 nitrogen and oxygen atoms in total. The van der Waals surface area contributed by atoms with Crippen molar-refractivity contribution in [3.63, 3.8) is 0 Å². The van der Waals surface area contributed by atoms with Crippen molar-refractivity contribution < 1.29 is 4.42 Å². The lowest BCUT2D eigenvalue weighted by molar-refractivity contribution is 0.418. The fourth-order valence-corrected chi connectivity index (χ4v) is 2.51. The molecule has 1 rings (SSSR count). The third-order valence-corrected chi connectivity index (χ3v) is 3.50. The van der Waals surface area contributed by atoms with Gasteiger partial charge in [0.2, 0.25) is 0 Å². The van der Waals surface area contributed by atoms with Crippen molar-refractivity contribution in [1.82, 2.24) is 5.32 Å². The van der Waals surface area contributed by atoms with Gasteiger partial charge in [-0.1, -0.05) is 26.7 Å². The molecule has 0 amide bonds. The topological polar surface area (TPSA) is 25.2 Å². The number of hydrogen-bond acceptors (Lipinski definition) is 2. The Morgan fingerprint density at radius 2 is 1.78 bits per heavy atom. The van der Waals surface area contributed by atoms with Crippen LogP contribution in [0.2, 0.25) is 0 Å². The standard InChI is InChI=1S/C16H29NO/c1-11(2)8-7-9-12(3)17-14(5)16-10-13(4)18-15(16)6/h10-12,14,17H,7-9H2,1-6H3. The first-order chi connectivity index (χ1) is 8.40. The smallest absolute Gasteiger partial charge is 0.105 e. The van der Waals surface area contributed by atoms with E-state index in [1.165, 1.54) is 24.8 Å². The molecular formula is C16H29NO. The van der Waals surface area contributed by atoms with Crippen molar-refractivity contribution >= 4 is 0 Å². The minimum absolute atomic E-state index is 0.372. The van der Waals surface area contributed by atoms with Crippen LogP contribution in [-0.2, 0) is 0 Å². The molecule has 0 saturated carbocycles. The molecule has 18 heavy (non-hydrogen) atoms. The number of aryl methyl sites for hydroxylation is 2. The van der Waals surface area contributed by atoms with Crippen molar-refractivity contribution in [2.75, 3.05) is 0 Å². The van der Waals surface area contributed by atoms with Crippen LogP contribution >= 0.6 is 0 Å². The summed E-state index contributed by atoms with van der Waals surface area (Å²) in [6.07, 6.45) is 3.88. The van der Waals surface area contributed by atoms with Gasteiger partial charge in [0.05, 0.1) is 0 Å². The zero-order valence-corrected chi connectivity index (χ0v) is 12.8. The maximum atomic E-state index is 5.59. The summed E-state index contributed by atoms with van der Waals surface area (Å²) in [5.74, 6) is 2.86. The molecule has 0 aliphatic heterocycles. The van der Waals surface area contributed by atoms with E-state index in [9.17, 15) is 0 Å². The summed E-state index contributed by atoms with van der Waals surface area (Å²) < 4.78 is 5.59. The molecule has 2 heteroatoms. The molecule has 2 unspecified atom stereocenters. The molecule has 0 radical (unpaired) electrons. The van der Waals surface area contributed by atoms with Crippen molar-refractivity contribution in [3.05, 3.63) is 23.2 Å².